The Balaban J connectivity index is 1.56. The predicted octanol–water partition coefficient (Wildman–Crippen LogP) is 4.44. The zero-order chi connectivity index (χ0) is 23.6. The molecule has 3 aromatic rings. The van der Waals surface area contributed by atoms with Gasteiger partial charge in [0.15, 0.2) is 6.10 Å². The third-order valence-corrected chi connectivity index (χ3v) is 6.75. The summed E-state index contributed by atoms with van der Waals surface area (Å²) < 4.78 is 71.5. The van der Waals surface area contributed by atoms with E-state index in [1.165, 1.54) is 0 Å². The van der Waals surface area contributed by atoms with Crippen molar-refractivity contribution in [2.24, 2.45) is 0 Å². The molecule has 33 heavy (non-hydrogen) atoms. The molecule has 1 atom stereocenters. The number of carbonyl (C=O) groups is 1. The molecule has 3 aromatic carbocycles. The Hall–Kier alpha value is -3.53. The number of carbonyl (C=O) groups excluding carboxylic acids is 1. The molecule has 0 saturated heterocycles. The number of hydrogen-bond acceptors (Lipinski definition) is 4. The number of sulfonamides is 1. The number of anilines is 2. The Morgan fingerprint density at radius 2 is 1.61 bits per heavy atom. The molecule has 1 heterocycles. The largest absolute Gasteiger partial charge is 0.476 e. The number of rotatable bonds is 5. The van der Waals surface area contributed by atoms with Crippen molar-refractivity contribution in [2.75, 3.05) is 16.2 Å². The first-order valence-electron chi connectivity index (χ1n) is 9.92. The molecule has 4 rings (SSSR count). The first-order chi connectivity index (χ1) is 15.6. The number of fused-ring (bicyclic) bond motifs is 1. The monoisotopic (exact) mass is 476 g/mol. The summed E-state index contributed by atoms with van der Waals surface area (Å²) >= 11 is 0. The standard InChI is InChI=1S/C23H19F3N2O4S/c24-23(25,26)17-10-12-18(13-11-17)27-22(29)21-14-28(19-8-4-5-9-20(19)32-21)33(30,31)15-16-6-2-1-3-7-16/h1-13,21H,14-15H2,(H,27,29). The summed E-state index contributed by atoms with van der Waals surface area (Å²) in [6.07, 6.45) is -5.69. The van der Waals surface area contributed by atoms with E-state index in [0.717, 1.165) is 28.6 Å². The van der Waals surface area contributed by atoms with Crippen molar-refractivity contribution >= 4 is 27.3 Å². The number of amides is 1. The summed E-state index contributed by atoms with van der Waals surface area (Å²) in [5.41, 5.74) is 0.190. The van der Waals surface area contributed by atoms with E-state index in [9.17, 15) is 26.4 Å². The fourth-order valence-electron chi connectivity index (χ4n) is 3.43. The van der Waals surface area contributed by atoms with E-state index < -0.39 is 33.8 Å². The lowest BCUT2D eigenvalue weighted by molar-refractivity contribution is -0.137. The molecule has 1 aliphatic heterocycles. The minimum atomic E-state index is -4.49. The molecular formula is C23H19F3N2O4S. The SMILES string of the molecule is O=C(Nc1ccc(C(F)(F)F)cc1)C1CN(S(=O)(=O)Cc2ccccc2)c2ccccc2O1. The fraction of sp³-hybridized carbons (Fsp3) is 0.174. The highest BCUT2D eigenvalue weighted by molar-refractivity contribution is 7.92. The van der Waals surface area contributed by atoms with Gasteiger partial charge in [-0.25, -0.2) is 8.42 Å². The summed E-state index contributed by atoms with van der Waals surface area (Å²) in [6, 6.07) is 19.0. The van der Waals surface area contributed by atoms with Crippen LogP contribution in [0.1, 0.15) is 11.1 Å². The second kappa shape index (κ2) is 8.78. The summed E-state index contributed by atoms with van der Waals surface area (Å²) in [5, 5.41) is 2.49. The van der Waals surface area contributed by atoms with E-state index >= 15 is 0 Å². The van der Waals surface area contributed by atoms with Crippen LogP contribution in [0.15, 0.2) is 78.9 Å². The van der Waals surface area contributed by atoms with Crippen molar-refractivity contribution in [3.05, 3.63) is 90.0 Å². The van der Waals surface area contributed by atoms with Crippen molar-refractivity contribution in [2.45, 2.75) is 18.0 Å². The predicted molar refractivity (Wildman–Crippen MR) is 117 cm³/mol. The van der Waals surface area contributed by atoms with Crippen LogP contribution in [-0.4, -0.2) is 27.0 Å². The van der Waals surface area contributed by atoms with Gasteiger partial charge < -0.3 is 10.1 Å². The molecule has 6 nitrogen and oxygen atoms in total. The minimum Gasteiger partial charge on any atom is -0.476 e. The van der Waals surface area contributed by atoms with Crippen LogP contribution in [0.4, 0.5) is 24.5 Å². The molecular weight excluding hydrogens is 457 g/mol. The number of halogens is 3. The molecule has 1 amide bonds. The van der Waals surface area contributed by atoms with Gasteiger partial charge in [-0.05, 0) is 42.0 Å². The van der Waals surface area contributed by atoms with Crippen molar-refractivity contribution < 1.29 is 31.1 Å². The maximum Gasteiger partial charge on any atom is 0.416 e. The van der Waals surface area contributed by atoms with E-state index in [4.69, 9.17) is 4.74 Å². The van der Waals surface area contributed by atoms with E-state index in [2.05, 4.69) is 5.32 Å². The maximum absolute atomic E-state index is 13.2. The molecule has 0 aliphatic carbocycles. The van der Waals surface area contributed by atoms with Crippen LogP contribution in [0.2, 0.25) is 0 Å². The maximum atomic E-state index is 13.2. The zero-order valence-electron chi connectivity index (χ0n) is 17.1. The molecule has 172 valence electrons. The number of nitrogens with one attached hydrogen (secondary N) is 1. The lowest BCUT2D eigenvalue weighted by Crippen LogP contribution is -2.49. The Morgan fingerprint density at radius 3 is 2.27 bits per heavy atom. The van der Waals surface area contributed by atoms with E-state index in [1.54, 1.807) is 54.6 Å². The lowest BCUT2D eigenvalue weighted by Gasteiger charge is -2.34. The van der Waals surface area contributed by atoms with E-state index in [-0.39, 0.29) is 23.7 Å². The van der Waals surface area contributed by atoms with Crippen molar-refractivity contribution in [1.29, 1.82) is 0 Å². The van der Waals surface area contributed by atoms with Crippen LogP contribution in [0, 0.1) is 0 Å². The van der Waals surface area contributed by atoms with Gasteiger partial charge in [0.2, 0.25) is 10.0 Å². The van der Waals surface area contributed by atoms with E-state index in [1.807, 2.05) is 0 Å². The Bertz CT molecular complexity index is 1250. The van der Waals surface area contributed by atoms with Gasteiger partial charge in [0, 0.05) is 5.69 Å². The summed E-state index contributed by atoms with van der Waals surface area (Å²) in [5.74, 6) is -0.729. The van der Waals surface area contributed by atoms with Gasteiger partial charge >= 0.3 is 6.18 Å². The van der Waals surface area contributed by atoms with Crippen LogP contribution < -0.4 is 14.4 Å². The first kappa shape index (κ1) is 22.7. The molecule has 10 heteroatoms. The highest BCUT2D eigenvalue weighted by Crippen LogP contribution is 2.36. The third-order valence-electron chi connectivity index (χ3n) is 5.03. The van der Waals surface area contributed by atoms with Crippen LogP contribution in [-0.2, 0) is 26.7 Å². The second-order valence-electron chi connectivity index (χ2n) is 7.41. The summed E-state index contributed by atoms with van der Waals surface area (Å²) in [7, 11) is -3.86. The van der Waals surface area contributed by atoms with Crippen LogP contribution in [0.5, 0.6) is 5.75 Å². The number of para-hydroxylation sites is 2. The number of ether oxygens (including phenoxy) is 1. The Labute approximate surface area is 188 Å². The molecule has 1 unspecified atom stereocenters. The quantitative estimate of drug-likeness (QED) is 0.591. The second-order valence-corrected chi connectivity index (χ2v) is 9.30. The van der Waals surface area contributed by atoms with Crippen molar-refractivity contribution in [3.8, 4) is 5.75 Å². The molecule has 0 bridgehead atoms. The summed E-state index contributed by atoms with van der Waals surface area (Å²) in [4.78, 5) is 12.8. The van der Waals surface area contributed by atoms with Crippen LogP contribution in [0.3, 0.4) is 0 Å². The van der Waals surface area contributed by atoms with Crippen molar-refractivity contribution in [3.63, 3.8) is 0 Å². The fourth-order valence-corrected chi connectivity index (χ4v) is 5.01. The van der Waals surface area contributed by atoms with Gasteiger partial charge in [-0.1, -0.05) is 42.5 Å². The Morgan fingerprint density at radius 1 is 0.970 bits per heavy atom. The molecule has 1 N–H and O–H groups in total. The number of benzene rings is 3. The highest BCUT2D eigenvalue weighted by Gasteiger charge is 2.37. The average Bonchev–Trinajstić information content (AvgIpc) is 2.78. The first-order valence-corrected chi connectivity index (χ1v) is 11.5. The van der Waals surface area contributed by atoms with Crippen molar-refractivity contribution in [1.82, 2.24) is 0 Å². The minimum absolute atomic E-state index is 0.133. The molecule has 0 aromatic heterocycles. The molecule has 0 fully saturated rings. The van der Waals surface area contributed by atoms with E-state index in [0.29, 0.717) is 11.3 Å². The van der Waals surface area contributed by atoms with Gasteiger partial charge in [0.1, 0.15) is 5.75 Å². The smallest absolute Gasteiger partial charge is 0.416 e. The van der Waals surface area contributed by atoms with Crippen LogP contribution in [0.25, 0.3) is 0 Å². The number of alkyl halides is 3. The van der Waals surface area contributed by atoms with Gasteiger partial charge in [0.05, 0.1) is 23.5 Å². The zero-order valence-corrected chi connectivity index (χ0v) is 17.9. The Kier molecular flexibility index (Phi) is 6.03. The molecule has 0 radical (unpaired) electrons. The highest BCUT2D eigenvalue weighted by atomic mass is 32.2. The molecule has 0 spiro atoms. The lowest BCUT2D eigenvalue weighted by atomic mass is 10.2. The topological polar surface area (TPSA) is 75.7 Å². The van der Waals surface area contributed by atoms with Gasteiger partial charge in [-0.3, -0.25) is 9.10 Å². The number of nitrogens with zero attached hydrogens (tertiary/aromatic N) is 1. The van der Waals surface area contributed by atoms with Gasteiger partial charge in [0.25, 0.3) is 5.91 Å². The van der Waals surface area contributed by atoms with Crippen LogP contribution >= 0.6 is 0 Å². The van der Waals surface area contributed by atoms with Gasteiger partial charge in [-0.2, -0.15) is 13.2 Å². The molecule has 1 aliphatic rings. The average molecular weight is 476 g/mol. The summed E-state index contributed by atoms with van der Waals surface area (Å²) in [6.45, 7) is -0.279. The third kappa shape index (κ3) is 5.11. The van der Waals surface area contributed by atoms with Gasteiger partial charge in [-0.15, -0.1) is 0 Å². The number of hydrogen-bond donors (Lipinski definition) is 1. The molecule has 0 saturated carbocycles. The normalized spacial score (nSPS) is 16.0.